The number of nitrogens with one attached hydrogen (secondary N) is 1. The van der Waals surface area contributed by atoms with Gasteiger partial charge in [0.05, 0.1) is 12.7 Å². The number of aliphatic hydroxyl groups is 1. The highest BCUT2D eigenvalue weighted by molar-refractivity contribution is 5.01. The van der Waals surface area contributed by atoms with Crippen molar-refractivity contribution in [3.8, 4) is 12.8 Å². The molecule has 6 heteroatoms. The Morgan fingerprint density at radius 2 is 2.17 bits per heavy atom. The monoisotopic (exact) mass is 252 g/mol. The standard InChI is InChI=1S/C10H14N2O4.C2H2/c1-6-4-12(10(15)11-9(6)14)8-3-2-7(5-13)16-8;1-2/h4,7-8,13H,2-3,5H2,1H3,(H,11,14,15);1-2H. The lowest BCUT2D eigenvalue weighted by atomic mass is 10.2. The maximum atomic E-state index is 11.5. The zero-order chi connectivity index (χ0) is 13.7. The molecule has 18 heavy (non-hydrogen) atoms. The van der Waals surface area contributed by atoms with Crippen LogP contribution in [0.25, 0.3) is 0 Å². The Kier molecular flexibility index (Phi) is 4.89. The van der Waals surface area contributed by atoms with Crippen LogP contribution >= 0.6 is 0 Å². The first-order valence-electron chi connectivity index (χ1n) is 5.53. The topological polar surface area (TPSA) is 84.3 Å². The molecule has 0 spiro atoms. The Morgan fingerprint density at radius 3 is 2.72 bits per heavy atom. The molecule has 2 rings (SSSR count). The minimum absolute atomic E-state index is 0.0480. The molecule has 0 aromatic carbocycles. The number of aromatic nitrogens is 2. The van der Waals surface area contributed by atoms with Gasteiger partial charge in [-0.1, -0.05) is 0 Å². The predicted molar refractivity (Wildman–Crippen MR) is 66.2 cm³/mol. The number of hydrogen-bond donors (Lipinski definition) is 2. The number of terminal acetylenes is 1. The number of aromatic amines is 1. The first-order valence-corrected chi connectivity index (χ1v) is 5.53. The molecule has 2 heterocycles. The summed E-state index contributed by atoms with van der Waals surface area (Å²) < 4.78 is 6.83. The normalized spacial score (nSPS) is 22.2. The van der Waals surface area contributed by atoms with E-state index in [1.165, 1.54) is 10.8 Å². The summed E-state index contributed by atoms with van der Waals surface area (Å²) in [5.41, 5.74) is -0.382. The van der Waals surface area contributed by atoms with E-state index < -0.39 is 5.69 Å². The van der Waals surface area contributed by atoms with Gasteiger partial charge in [-0.05, 0) is 19.8 Å². The van der Waals surface area contributed by atoms with Crippen molar-refractivity contribution in [1.82, 2.24) is 9.55 Å². The van der Waals surface area contributed by atoms with Crippen LogP contribution in [0.2, 0.25) is 0 Å². The summed E-state index contributed by atoms with van der Waals surface area (Å²) in [6, 6.07) is 0. The van der Waals surface area contributed by atoms with E-state index in [2.05, 4.69) is 17.8 Å². The van der Waals surface area contributed by atoms with Crippen molar-refractivity contribution in [2.45, 2.75) is 32.1 Å². The van der Waals surface area contributed by atoms with Crippen molar-refractivity contribution in [3.05, 3.63) is 32.6 Å². The first-order chi connectivity index (χ1) is 8.61. The molecule has 0 bridgehead atoms. The molecular formula is C12H16N2O4. The minimum atomic E-state index is -0.473. The van der Waals surface area contributed by atoms with Crippen LogP contribution in [0.4, 0.5) is 0 Å². The molecular weight excluding hydrogens is 236 g/mol. The third kappa shape index (κ3) is 2.88. The minimum Gasteiger partial charge on any atom is -0.394 e. The zero-order valence-electron chi connectivity index (χ0n) is 10.1. The molecule has 1 aromatic rings. The number of hydrogen-bond acceptors (Lipinski definition) is 4. The van der Waals surface area contributed by atoms with Gasteiger partial charge < -0.3 is 9.84 Å². The van der Waals surface area contributed by atoms with E-state index in [1.807, 2.05) is 0 Å². The largest absolute Gasteiger partial charge is 0.394 e. The van der Waals surface area contributed by atoms with Crippen LogP contribution in [0.3, 0.4) is 0 Å². The number of ether oxygens (including phenoxy) is 1. The molecule has 98 valence electrons. The fourth-order valence-electron chi connectivity index (χ4n) is 1.83. The molecule has 1 fully saturated rings. The number of aliphatic hydroxyl groups excluding tert-OH is 1. The van der Waals surface area contributed by atoms with Crippen molar-refractivity contribution >= 4 is 0 Å². The molecule has 1 saturated heterocycles. The van der Waals surface area contributed by atoms with E-state index in [-0.39, 0.29) is 24.5 Å². The van der Waals surface area contributed by atoms with Crippen LogP contribution in [-0.4, -0.2) is 27.4 Å². The smallest absolute Gasteiger partial charge is 0.330 e. The summed E-state index contributed by atoms with van der Waals surface area (Å²) in [5.74, 6) is 0. The molecule has 2 N–H and O–H groups in total. The molecule has 0 amide bonds. The van der Waals surface area contributed by atoms with Gasteiger partial charge >= 0.3 is 5.69 Å². The second-order valence-electron chi connectivity index (χ2n) is 3.95. The van der Waals surface area contributed by atoms with E-state index in [1.54, 1.807) is 6.92 Å². The quantitative estimate of drug-likeness (QED) is 0.712. The van der Waals surface area contributed by atoms with Crippen LogP contribution < -0.4 is 11.2 Å². The van der Waals surface area contributed by atoms with Gasteiger partial charge in [-0.15, -0.1) is 12.8 Å². The van der Waals surface area contributed by atoms with E-state index in [9.17, 15) is 9.59 Å². The third-order valence-electron chi connectivity index (χ3n) is 2.74. The first kappa shape index (κ1) is 14.2. The third-order valence-corrected chi connectivity index (χ3v) is 2.74. The molecule has 1 aromatic heterocycles. The Balaban J connectivity index is 0.000000771. The zero-order valence-corrected chi connectivity index (χ0v) is 10.1. The van der Waals surface area contributed by atoms with E-state index in [0.29, 0.717) is 18.4 Å². The summed E-state index contributed by atoms with van der Waals surface area (Å²) in [6.07, 6.45) is 10.3. The lowest BCUT2D eigenvalue weighted by Gasteiger charge is -2.14. The number of rotatable bonds is 2. The lowest BCUT2D eigenvalue weighted by Crippen LogP contribution is -2.33. The maximum Gasteiger partial charge on any atom is 0.330 e. The second kappa shape index (κ2) is 6.19. The van der Waals surface area contributed by atoms with Crippen LogP contribution in [0, 0.1) is 19.8 Å². The van der Waals surface area contributed by atoms with Gasteiger partial charge in [-0.2, -0.15) is 0 Å². The van der Waals surface area contributed by atoms with E-state index in [0.717, 1.165) is 0 Å². The molecule has 6 nitrogen and oxygen atoms in total. The molecule has 0 aliphatic carbocycles. The Morgan fingerprint density at radius 1 is 1.50 bits per heavy atom. The molecule has 1 aliphatic rings. The summed E-state index contributed by atoms with van der Waals surface area (Å²) >= 11 is 0. The average molecular weight is 252 g/mol. The molecule has 2 unspecified atom stereocenters. The molecule has 1 aliphatic heterocycles. The van der Waals surface area contributed by atoms with Gasteiger partial charge in [0, 0.05) is 11.8 Å². The van der Waals surface area contributed by atoms with Gasteiger partial charge in [-0.3, -0.25) is 14.3 Å². The van der Waals surface area contributed by atoms with Gasteiger partial charge in [-0.25, -0.2) is 4.79 Å². The van der Waals surface area contributed by atoms with Gasteiger partial charge in [0.1, 0.15) is 6.23 Å². The summed E-state index contributed by atoms with van der Waals surface area (Å²) in [4.78, 5) is 24.9. The summed E-state index contributed by atoms with van der Waals surface area (Å²) in [6.45, 7) is 1.58. The summed E-state index contributed by atoms with van der Waals surface area (Å²) in [5, 5.41) is 8.93. The second-order valence-corrected chi connectivity index (χ2v) is 3.95. The van der Waals surface area contributed by atoms with Crippen LogP contribution in [0.1, 0.15) is 24.6 Å². The molecule has 0 radical (unpaired) electrons. The Bertz CT molecular complexity index is 529. The predicted octanol–water partition coefficient (Wildman–Crippen LogP) is -0.236. The van der Waals surface area contributed by atoms with Crippen LogP contribution in [0.5, 0.6) is 0 Å². The Labute approximate surface area is 104 Å². The fraction of sp³-hybridized carbons (Fsp3) is 0.500. The number of H-pyrrole nitrogens is 1. The van der Waals surface area contributed by atoms with Crippen molar-refractivity contribution in [2.24, 2.45) is 0 Å². The fourth-order valence-corrected chi connectivity index (χ4v) is 1.83. The van der Waals surface area contributed by atoms with Crippen molar-refractivity contribution in [3.63, 3.8) is 0 Å². The van der Waals surface area contributed by atoms with Gasteiger partial charge in [0.2, 0.25) is 0 Å². The van der Waals surface area contributed by atoms with E-state index >= 15 is 0 Å². The van der Waals surface area contributed by atoms with Gasteiger partial charge in [0.25, 0.3) is 5.56 Å². The average Bonchev–Trinajstić information content (AvgIpc) is 2.85. The highest BCUT2D eigenvalue weighted by Crippen LogP contribution is 2.26. The van der Waals surface area contributed by atoms with Crippen molar-refractivity contribution < 1.29 is 9.84 Å². The van der Waals surface area contributed by atoms with E-state index in [4.69, 9.17) is 9.84 Å². The number of aryl methyl sites for hydroxylation is 1. The SMILES string of the molecule is C#C.Cc1cn(C2CCC(CO)O2)c(=O)[nH]c1=O. The molecule has 2 atom stereocenters. The van der Waals surface area contributed by atoms with Crippen molar-refractivity contribution in [1.29, 1.82) is 0 Å². The highest BCUT2D eigenvalue weighted by Gasteiger charge is 2.26. The van der Waals surface area contributed by atoms with Crippen LogP contribution in [0.15, 0.2) is 15.8 Å². The Hall–Kier alpha value is -1.84. The van der Waals surface area contributed by atoms with Gasteiger partial charge in [0.15, 0.2) is 0 Å². The number of nitrogens with zero attached hydrogens (tertiary/aromatic N) is 1. The maximum absolute atomic E-state index is 11.5. The van der Waals surface area contributed by atoms with Crippen LogP contribution in [-0.2, 0) is 4.74 Å². The molecule has 0 saturated carbocycles. The lowest BCUT2D eigenvalue weighted by molar-refractivity contribution is -0.0247. The van der Waals surface area contributed by atoms with Crippen molar-refractivity contribution in [2.75, 3.05) is 6.61 Å². The highest BCUT2D eigenvalue weighted by atomic mass is 16.5. The summed E-state index contributed by atoms with van der Waals surface area (Å²) in [7, 11) is 0.